The molecule has 3 heterocycles. The predicted octanol–water partition coefficient (Wildman–Crippen LogP) is 2.18. The molecule has 4 atom stereocenters. The molecular weight excluding hydrogens is 358 g/mol. The van der Waals surface area contributed by atoms with Crippen molar-refractivity contribution in [2.24, 2.45) is 11.8 Å². The molecule has 7 heteroatoms. The number of aromatic nitrogens is 1. The Morgan fingerprint density at radius 1 is 1.04 bits per heavy atom. The lowest BCUT2D eigenvalue weighted by atomic mass is 9.84. The monoisotopic (exact) mass is 385 g/mol. The minimum atomic E-state index is -0.900. The maximum Gasteiger partial charge on any atom is 0.326 e. The van der Waals surface area contributed by atoms with Crippen LogP contribution >= 0.6 is 0 Å². The SMILES string of the molecule is O=C(O)C1CC2CCCCC2N1C(=O)C1CCCN(C(=O)c2ccncc2)C1. The quantitative estimate of drug-likeness (QED) is 0.861. The topological polar surface area (TPSA) is 90.8 Å². The molecule has 28 heavy (non-hydrogen) atoms. The summed E-state index contributed by atoms with van der Waals surface area (Å²) in [7, 11) is 0. The molecule has 1 saturated carbocycles. The summed E-state index contributed by atoms with van der Waals surface area (Å²) in [6, 6.07) is 2.70. The van der Waals surface area contributed by atoms with Gasteiger partial charge in [0.15, 0.2) is 0 Å². The van der Waals surface area contributed by atoms with Crippen LogP contribution in [-0.2, 0) is 9.59 Å². The highest BCUT2D eigenvalue weighted by Crippen LogP contribution is 2.41. The molecule has 7 nitrogen and oxygen atoms in total. The van der Waals surface area contributed by atoms with Gasteiger partial charge in [-0.1, -0.05) is 12.8 Å². The van der Waals surface area contributed by atoms with E-state index in [1.807, 2.05) is 0 Å². The molecule has 2 saturated heterocycles. The number of carbonyl (C=O) groups excluding carboxylic acids is 2. The highest BCUT2D eigenvalue weighted by molar-refractivity contribution is 5.94. The van der Waals surface area contributed by atoms with Gasteiger partial charge in [0.2, 0.25) is 5.91 Å². The molecule has 0 aromatic carbocycles. The summed E-state index contributed by atoms with van der Waals surface area (Å²) >= 11 is 0. The van der Waals surface area contributed by atoms with Crippen LogP contribution in [0, 0.1) is 11.8 Å². The average molecular weight is 385 g/mol. The van der Waals surface area contributed by atoms with Crippen LogP contribution in [0.25, 0.3) is 0 Å². The first-order valence-corrected chi connectivity index (χ1v) is 10.3. The Morgan fingerprint density at radius 2 is 1.79 bits per heavy atom. The number of likely N-dealkylation sites (tertiary alicyclic amines) is 2. The van der Waals surface area contributed by atoms with Crippen molar-refractivity contribution in [1.29, 1.82) is 0 Å². The lowest BCUT2D eigenvalue weighted by Crippen LogP contribution is -2.52. The summed E-state index contributed by atoms with van der Waals surface area (Å²) in [5, 5.41) is 9.70. The molecule has 1 aromatic rings. The van der Waals surface area contributed by atoms with Gasteiger partial charge in [0.1, 0.15) is 6.04 Å². The first-order chi connectivity index (χ1) is 13.6. The molecule has 0 bridgehead atoms. The number of fused-ring (bicyclic) bond motifs is 1. The zero-order valence-corrected chi connectivity index (χ0v) is 16.0. The molecule has 0 radical (unpaired) electrons. The fourth-order valence-corrected chi connectivity index (χ4v) is 5.25. The summed E-state index contributed by atoms with van der Waals surface area (Å²) in [6.07, 6.45) is 9.28. The number of carboxylic acid groups (broad SMARTS) is 1. The largest absolute Gasteiger partial charge is 0.480 e. The van der Waals surface area contributed by atoms with Gasteiger partial charge in [-0.3, -0.25) is 14.6 Å². The fourth-order valence-electron chi connectivity index (χ4n) is 5.25. The zero-order valence-electron chi connectivity index (χ0n) is 16.0. The Labute approximate surface area is 164 Å². The first kappa shape index (κ1) is 18.9. The third-order valence-electron chi connectivity index (χ3n) is 6.61. The Hall–Kier alpha value is -2.44. The van der Waals surface area contributed by atoms with Crippen LogP contribution in [0.15, 0.2) is 24.5 Å². The molecule has 0 spiro atoms. The van der Waals surface area contributed by atoms with E-state index in [1.165, 1.54) is 0 Å². The summed E-state index contributed by atoms with van der Waals surface area (Å²) in [5.41, 5.74) is 0.569. The molecule has 3 fully saturated rings. The van der Waals surface area contributed by atoms with E-state index in [9.17, 15) is 19.5 Å². The van der Waals surface area contributed by atoms with Crippen molar-refractivity contribution in [3.05, 3.63) is 30.1 Å². The van der Waals surface area contributed by atoms with Gasteiger partial charge >= 0.3 is 5.97 Å². The maximum absolute atomic E-state index is 13.4. The zero-order chi connectivity index (χ0) is 19.7. The van der Waals surface area contributed by atoms with Crippen LogP contribution in [-0.4, -0.2) is 62.8 Å². The third-order valence-corrected chi connectivity index (χ3v) is 6.61. The van der Waals surface area contributed by atoms with Gasteiger partial charge in [-0.05, 0) is 50.2 Å². The van der Waals surface area contributed by atoms with Gasteiger partial charge in [0.25, 0.3) is 5.91 Å². The molecule has 2 aliphatic heterocycles. The van der Waals surface area contributed by atoms with Crippen LogP contribution in [0.5, 0.6) is 0 Å². The van der Waals surface area contributed by atoms with Gasteiger partial charge in [-0.15, -0.1) is 0 Å². The minimum Gasteiger partial charge on any atom is -0.480 e. The van der Waals surface area contributed by atoms with E-state index in [0.29, 0.717) is 37.4 Å². The van der Waals surface area contributed by atoms with E-state index in [4.69, 9.17) is 0 Å². The number of carboxylic acids is 1. The normalized spacial score (nSPS) is 30.0. The van der Waals surface area contributed by atoms with Crippen LogP contribution in [0.1, 0.15) is 55.3 Å². The number of carbonyl (C=O) groups is 3. The molecule has 3 aliphatic rings. The molecule has 4 rings (SSSR count). The molecule has 1 aliphatic carbocycles. The second-order valence-corrected chi connectivity index (χ2v) is 8.27. The molecule has 4 unspecified atom stereocenters. The number of hydrogen-bond donors (Lipinski definition) is 1. The van der Waals surface area contributed by atoms with E-state index in [1.54, 1.807) is 34.3 Å². The van der Waals surface area contributed by atoms with Crippen molar-refractivity contribution in [1.82, 2.24) is 14.8 Å². The standard InChI is InChI=1S/C21H27N3O4/c25-19(14-7-9-22-10-8-14)23-11-3-5-16(13-23)20(26)24-17-6-2-1-4-15(17)12-18(24)21(27)28/h7-10,15-18H,1-6,11-13H2,(H,27,28). The van der Waals surface area contributed by atoms with Gasteiger partial charge < -0.3 is 14.9 Å². The van der Waals surface area contributed by atoms with E-state index in [-0.39, 0.29) is 23.8 Å². The maximum atomic E-state index is 13.4. The van der Waals surface area contributed by atoms with Gasteiger partial charge in [-0.2, -0.15) is 0 Å². The first-order valence-electron chi connectivity index (χ1n) is 10.3. The summed E-state index contributed by atoms with van der Waals surface area (Å²) in [5.74, 6) is -1.08. The van der Waals surface area contributed by atoms with Crippen LogP contribution in [0.3, 0.4) is 0 Å². The highest BCUT2D eigenvalue weighted by Gasteiger charge is 2.49. The Kier molecular flexibility index (Phi) is 5.33. The summed E-state index contributed by atoms with van der Waals surface area (Å²) < 4.78 is 0. The van der Waals surface area contributed by atoms with Gasteiger partial charge in [0, 0.05) is 37.1 Å². The molecular formula is C21H27N3O4. The Bertz CT molecular complexity index is 753. The number of piperidine rings is 1. The van der Waals surface area contributed by atoms with Crippen LogP contribution in [0.4, 0.5) is 0 Å². The van der Waals surface area contributed by atoms with Gasteiger partial charge in [0.05, 0.1) is 5.92 Å². The predicted molar refractivity (Wildman–Crippen MR) is 101 cm³/mol. The Balaban J connectivity index is 1.50. The lowest BCUT2D eigenvalue weighted by Gasteiger charge is -2.38. The summed E-state index contributed by atoms with van der Waals surface area (Å²) in [4.78, 5) is 45.3. The second-order valence-electron chi connectivity index (χ2n) is 8.27. The number of nitrogens with zero attached hydrogens (tertiary/aromatic N) is 3. The van der Waals surface area contributed by atoms with Gasteiger partial charge in [-0.25, -0.2) is 4.79 Å². The number of amides is 2. The number of hydrogen-bond acceptors (Lipinski definition) is 4. The van der Waals surface area contributed by atoms with Crippen molar-refractivity contribution in [3.63, 3.8) is 0 Å². The van der Waals surface area contributed by atoms with Crippen molar-refractivity contribution >= 4 is 17.8 Å². The molecule has 1 aromatic heterocycles. The molecule has 150 valence electrons. The van der Waals surface area contributed by atoms with Crippen LogP contribution < -0.4 is 0 Å². The average Bonchev–Trinajstić information content (AvgIpc) is 3.13. The summed E-state index contributed by atoms with van der Waals surface area (Å²) in [6.45, 7) is 0.986. The third kappa shape index (κ3) is 3.50. The molecule has 2 amide bonds. The van der Waals surface area contributed by atoms with Crippen molar-refractivity contribution in [2.45, 2.75) is 57.0 Å². The molecule has 1 N–H and O–H groups in total. The number of aliphatic carboxylic acids is 1. The highest BCUT2D eigenvalue weighted by atomic mass is 16.4. The lowest BCUT2D eigenvalue weighted by molar-refractivity contribution is -0.152. The number of pyridine rings is 1. The van der Waals surface area contributed by atoms with Crippen LogP contribution in [0.2, 0.25) is 0 Å². The van der Waals surface area contributed by atoms with E-state index < -0.39 is 12.0 Å². The van der Waals surface area contributed by atoms with Crippen molar-refractivity contribution < 1.29 is 19.5 Å². The van der Waals surface area contributed by atoms with E-state index in [2.05, 4.69) is 4.98 Å². The van der Waals surface area contributed by atoms with Crippen molar-refractivity contribution in [3.8, 4) is 0 Å². The smallest absolute Gasteiger partial charge is 0.326 e. The van der Waals surface area contributed by atoms with E-state index in [0.717, 1.165) is 32.1 Å². The second kappa shape index (κ2) is 7.89. The van der Waals surface area contributed by atoms with Crippen molar-refractivity contribution in [2.75, 3.05) is 13.1 Å². The Morgan fingerprint density at radius 3 is 2.54 bits per heavy atom. The fraction of sp³-hybridized carbons (Fsp3) is 0.619. The number of rotatable bonds is 3. The van der Waals surface area contributed by atoms with E-state index >= 15 is 0 Å². The minimum absolute atomic E-state index is 0.0497.